The average molecular weight is 386 g/mol. The van der Waals surface area contributed by atoms with Gasteiger partial charge in [-0.1, -0.05) is 19.3 Å². The molecule has 0 amide bonds. The molecule has 1 aliphatic carbocycles. The number of nitrogens with one attached hydrogen (secondary N) is 2. The van der Waals surface area contributed by atoms with E-state index in [0.717, 1.165) is 24.2 Å². The second-order valence-electron chi connectivity index (χ2n) is 6.71. The van der Waals surface area contributed by atoms with Crippen molar-refractivity contribution >= 4 is 10.3 Å². The maximum atomic E-state index is 13.4. The summed E-state index contributed by atoms with van der Waals surface area (Å²) in [5.41, 5.74) is 2.68. The van der Waals surface area contributed by atoms with E-state index >= 15 is 0 Å². The van der Waals surface area contributed by atoms with Crippen LogP contribution in [0.4, 0.5) is 4.39 Å². The van der Waals surface area contributed by atoms with Crippen molar-refractivity contribution in [3.63, 3.8) is 0 Å². The average Bonchev–Trinajstić information content (AvgIpc) is 3.15. The summed E-state index contributed by atoms with van der Waals surface area (Å²) in [6, 6.07) is 7.83. The summed E-state index contributed by atoms with van der Waals surface area (Å²) in [6.07, 6.45) is 7.18. The monoisotopic (exact) mass is 386 g/mol. The Morgan fingerprint density at radius 1 is 1.00 bits per heavy atom. The van der Waals surface area contributed by atoms with Crippen molar-refractivity contribution in [2.75, 3.05) is 0 Å². The van der Waals surface area contributed by atoms with Crippen LogP contribution in [0.15, 0.2) is 36.5 Å². The number of imidazole rings is 1. The van der Waals surface area contributed by atoms with Crippen LogP contribution in [0, 0.1) is 10.6 Å². The van der Waals surface area contributed by atoms with Crippen molar-refractivity contribution in [2.24, 2.45) is 0 Å². The molecule has 2 aromatic heterocycles. The van der Waals surface area contributed by atoms with Gasteiger partial charge in [0.05, 0.1) is 17.1 Å². The van der Waals surface area contributed by atoms with Crippen molar-refractivity contribution < 1.29 is 12.8 Å². The Morgan fingerprint density at radius 2 is 1.74 bits per heavy atom. The van der Waals surface area contributed by atoms with Crippen molar-refractivity contribution in [3.05, 3.63) is 52.9 Å². The molecule has 1 aromatic carbocycles. The molecule has 0 saturated heterocycles. The maximum absolute atomic E-state index is 13.4. The molecule has 0 aliphatic heterocycles. The highest BCUT2D eigenvalue weighted by Crippen LogP contribution is 2.36. The number of nitrogens with zero attached hydrogens (tertiary/aromatic N) is 2. The van der Waals surface area contributed by atoms with E-state index in [1.807, 2.05) is 0 Å². The molecule has 27 heavy (non-hydrogen) atoms. The van der Waals surface area contributed by atoms with Crippen LogP contribution in [0.1, 0.15) is 43.8 Å². The standard InChI is InChI=1S/C19H19FN4O2S/c20-14-8-6-12(7-9-14)16-17(15-10-11-21-19(22-15)27(25)26)24-18(23-16)13-4-2-1-3-5-13/h6-11,13,22H,1-5H2,(H,23,24). The molecule has 0 radical (unpaired) electrons. The van der Waals surface area contributed by atoms with E-state index in [1.54, 1.807) is 18.2 Å². The first-order valence-corrected chi connectivity index (χ1v) is 10.0. The van der Waals surface area contributed by atoms with Crippen molar-refractivity contribution in [3.8, 4) is 22.6 Å². The highest BCUT2D eigenvalue weighted by molar-refractivity contribution is 7.63. The molecule has 3 aromatic rings. The van der Waals surface area contributed by atoms with Crippen LogP contribution in [0.3, 0.4) is 0 Å². The number of halogens is 1. The lowest BCUT2D eigenvalue weighted by Gasteiger charge is -2.19. The summed E-state index contributed by atoms with van der Waals surface area (Å²) in [4.78, 5) is 14.8. The second kappa shape index (κ2) is 7.48. The molecule has 140 valence electrons. The summed E-state index contributed by atoms with van der Waals surface area (Å²) in [6.45, 7) is 0. The highest BCUT2D eigenvalue weighted by atomic mass is 32.2. The van der Waals surface area contributed by atoms with Gasteiger partial charge in [0.2, 0.25) is 0 Å². The van der Waals surface area contributed by atoms with Crippen molar-refractivity contribution in [2.45, 2.75) is 38.0 Å². The molecular formula is C19H19FN4O2S. The lowest BCUT2D eigenvalue weighted by atomic mass is 9.89. The van der Waals surface area contributed by atoms with Crippen LogP contribution in [-0.2, 0) is 10.3 Å². The van der Waals surface area contributed by atoms with E-state index in [9.17, 15) is 12.8 Å². The van der Waals surface area contributed by atoms with Gasteiger partial charge in [-0.15, -0.1) is 0 Å². The van der Waals surface area contributed by atoms with Gasteiger partial charge in [0.15, 0.2) is 0 Å². The van der Waals surface area contributed by atoms with Gasteiger partial charge in [-0.25, -0.2) is 14.4 Å². The quantitative estimate of drug-likeness (QED) is 0.664. The molecule has 1 saturated carbocycles. The summed E-state index contributed by atoms with van der Waals surface area (Å²) >= 11 is 0. The summed E-state index contributed by atoms with van der Waals surface area (Å²) < 4.78 is 35.7. The van der Waals surface area contributed by atoms with E-state index in [1.165, 1.54) is 37.6 Å². The molecule has 0 bridgehead atoms. The van der Waals surface area contributed by atoms with E-state index in [4.69, 9.17) is 4.98 Å². The van der Waals surface area contributed by atoms with E-state index < -0.39 is 10.3 Å². The SMILES string of the molecule is O=S(=O)=c1nccc(-c2[nH]c(C3CCCCC3)nc2-c2ccc(F)cc2)[nH]1. The number of aromatic nitrogens is 4. The summed E-state index contributed by atoms with van der Waals surface area (Å²) in [5.74, 6) is 0.920. The third kappa shape index (κ3) is 3.71. The third-order valence-electron chi connectivity index (χ3n) is 4.93. The Hall–Kier alpha value is -2.74. The maximum Gasteiger partial charge on any atom is 0.258 e. The fraction of sp³-hybridized carbons (Fsp3) is 0.316. The molecule has 0 atom stereocenters. The van der Waals surface area contributed by atoms with Gasteiger partial charge in [-0.05, 0) is 43.2 Å². The number of aromatic amines is 2. The minimum absolute atomic E-state index is 0.147. The first-order valence-electron chi connectivity index (χ1n) is 8.95. The molecule has 8 heteroatoms. The first-order chi connectivity index (χ1) is 13.1. The fourth-order valence-electron chi connectivity index (χ4n) is 3.57. The van der Waals surface area contributed by atoms with Gasteiger partial charge in [-0.2, -0.15) is 8.42 Å². The van der Waals surface area contributed by atoms with Crippen LogP contribution in [0.25, 0.3) is 22.6 Å². The van der Waals surface area contributed by atoms with Gasteiger partial charge >= 0.3 is 0 Å². The zero-order valence-electron chi connectivity index (χ0n) is 14.6. The van der Waals surface area contributed by atoms with Gasteiger partial charge in [0.1, 0.15) is 11.6 Å². The third-order valence-corrected chi connectivity index (χ3v) is 5.46. The summed E-state index contributed by atoms with van der Waals surface area (Å²) in [7, 11) is -2.47. The molecular weight excluding hydrogens is 367 g/mol. The predicted molar refractivity (Wildman–Crippen MR) is 99.6 cm³/mol. The molecule has 2 N–H and O–H groups in total. The zero-order valence-corrected chi connectivity index (χ0v) is 15.4. The predicted octanol–water partition coefficient (Wildman–Crippen LogP) is 4.06. The van der Waals surface area contributed by atoms with Crippen LogP contribution in [0.5, 0.6) is 0 Å². The minimum Gasteiger partial charge on any atom is -0.340 e. The lowest BCUT2D eigenvalue weighted by molar-refractivity contribution is 0.431. The number of benzene rings is 1. The Balaban J connectivity index is 1.88. The molecule has 2 heterocycles. The normalized spacial score (nSPS) is 15.0. The van der Waals surface area contributed by atoms with E-state index in [-0.39, 0.29) is 10.6 Å². The van der Waals surface area contributed by atoms with Gasteiger partial charge < -0.3 is 9.97 Å². The first kappa shape index (κ1) is 17.7. The molecule has 4 rings (SSSR count). The van der Waals surface area contributed by atoms with Crippen LogP contribution in [0.2, 0.25) is 0 Å². The molecule has 0 unspecified atom stereocenters. The Labute approximate surface area is 157 Å². The Bertz CT molecular complexity index is 1120. The van der Waals surface area contributed by atoms with Gasteiger partial charge in [0, 0.05) is 17.7 Å². The van der Waals surface area contributed by atoms with Crippen LogP contribution in [-0.4, -0.2) is 28.4 Å². The molecule has 0 spiro atoms. The smallest absolute Gasteiger partial charge is 0.258 e. The van der Waals surface area contributed by atoms with Crippen LogP contribution < -0.4 is 0 Å². The topological polar surface area (TPSA) is 91.5 Å². The Morgan fingerprint density at radius 3 is 2.44 bits per heavy atom. The molecule has 6 nitrogen and oxygen atoms in total. The number of hydrogen-bond acceptors (Lipinski definition) is 4. The largest absolute Gasteiger partial charge is 0.340 e. The zero-order chi connectivity index (χ0) is 18.8. The number of hydrogen-bond donors (Lipinski definition) is 2. The van der Waals surface area contributed by atoms with Crippen LogP contribution >= 0.6 is 0 Å². The lowest BCUT2D eigenvalue weighted by Crippen LogP contribution is -2.06. The summed E-state index contributed by atoms with van der Waals surface area (Å²) in [5, 5.41) is 0. The number of rotatable bonds is 3. The van der Waals surface area contributed by atoms with E-state index in [2.05, 4.69) is 15.0 Å². The van der Waals surface area contributed by atoms with Crippen molar-refractivity contribution in [1.82, 2.24) is 19.9 Å². The minimum atomic E-state index is -2.47. The van der Waals surface area contributed by atoms with Gasteiger partial charge in [-0.3, -0.25) is 0 Å². The van der Waals surface area contributed by atoms with Gasteiger partial charge in [0.25, 0.3) is 15.1 Å². The molecule has 1 fully saturated rings. The number of H-pyrrole nitrogens is 2. The second-order valence-corrected chi connectivity index (χ2v) is 7.57. The van der Waals surface area contributed by atoms with E-state index in [0.29, 0.717) is 23.0 Å². The molecule has 1 aliphatic rings. The fourth-order valence-corrected chi connectivity index (χ4v) is 3.91. The van der Waals surface area contributed by atoms with Crippen molar-refractivity contribution in [1.29, 1.82) is 0 Å². The Kier molecular flexibility index (Phi) is 4.89. The highest BCUT2D eigenvalue weighted by Gasteiger charge is 2.22.